The van der Waals surface area contributed by atoms with Crippen molar-refractivity contribution in [3.8, 4) is 0 Å². The van der Waals surface area contributed by atoms with Crippen molar-refractivity contribution in [2.75, 3.05) is 45.3 Å². The van der Waals surface area contributed by atoms with Crippen LogP contribution in [-0.4, -0.2) is 46.3 Å². The second-order valence-electron chi connectivity index (χ2n) is 5.00. The molecule has 5 nitrogen and oxygen atoms in total. The minimum atomic E-state index is 0.0569. The van der Waals surface area contributed by atoms with Gasteiger partial charge in [-0.05, 0) is 18.1 Å². The molecular formula is C16H27N3O2. The number of hydrogen-bond acceptors (Lipinski definition) is 4. The van der Waals surface area contributed by atoms with Crippen LogP contribution >= 0.6 is 0 Å². The highest BCUT2D eigenvalue weighted by Gasteiger charge is 2.10. The van der Waals surface area contributed by atoms with E-state index in [9.17, 15) is 4.79 Å². The Bertz CT molecular complexity index is 424. The van der Waals surface area contributed by atoms with Crippen LogP contribution < -0.4 is 15.5 Å². The minimum Gasteiger partial charge on any atom is -0.383 e. The van der Waals surface area contributed by atoms with Crippen molar-refractivity contribution in [3.63, 3.8) is 0 Å². The molecule has 0 aliphatic rings. The summed E-state index contributed by atoms with van der Waals surface area (Å²) < 4.78 is 5.02. The fourth-order valence-corrected chi connectivity index (χ4v) is 2.05. The molecule has 1 rings (SSSR count). The van der Waals surface area contributed by atoms with Gasteiger partial charge in [-0.1, -0.05) is 25.1 Å². The Hall–Kier alpha value is -1.59. The first-order valence-corrected chi connectivity index (χ1v) is 7.44. The van der Waals surface area contributed by atoms with Crippen molar-refractivity contribution in [1.82, 2.24) is 10.6 Å². The molecule has 1 aromatic carbocycles. The van der Waals surface area contributed by atoms with Gasteiger partial charge in [0.2, 0.25) is 5.91 Å². The lowest BCUT2D eigenvalue weighted by Crippen LogP contribution is -2.36. The lowest BCUT2D eigenvalue weighted by atomic mass is 10.1. The van der Waals surface area contributed by atoms with Gasteiger partial charge in [0, 0.05) is 39.5 Å². The summed E-state index contributed by atoms with van der Waals surface area (Å²) in [7, 11) is 3.64. The summed E-state index contributed by atoms with van der Waals surface area (Å²) in [5, 5.41) is 6.23. The number of methoxy groups -OCH3 is 1. The zero-order valence-corrected chi connectivity index (χ0v) is 13.3. The smallest absolute Gasteiger partial charge is 0.239 e. The van der Waals surface area contributed by atoms with E-state index in [4.69, 9.17) is 4.74 Å². The highest BCUT2D eigenvalue weighted by Crippen LogP contribution is 2.18. The van der Waals surface area contributed by atoms with Gasteiger partial charge in [-0.25, -0.2) is 0 Å². The number of anilines is 1. The third kappa shape index (κ3) is 6.60. The Kier molecular flexibility index (Phi) is 8.47. The van der Waals surface area contributed by atoms with Crippen molar-refractivity contribution in [3.05, 3.63) is 29.8 Å². The van der Waals surface area contributed by atoms with E-state index in [1.165, 1.54) is 5.56 Å². The topological polar surface area (TPSA) is 53.6 Å². The second kappa shape index (κ2) is 10.2. The number of rotatable bonds is 10. The first-order chi connectivity index (χ1) is 10.2. The summed E-state index contributed by atoms with van der Waals surface area (Å²) >= 11 is 0. The fraction of sp³-hybridized carbons (Fsp3) is 0.562. The van der Waals surface area contributed by atoms with Gasteiger partial charge in [0.25, 0.3) is 0 Å². The number of hydrogen-bond donors (Lipinski definition) is 2. The molecule has 5 heteroatoms. The van der Waals surface area contributed by atoms with E-state index in [-0.39, 0.29) is 5.91 Å². The SMILES string of the molecule is CCCNC(=O)CN(C)c1ccccc1CNCCOC. The van der Waals surface area contributed by atoms with Gasteiger partial charge in [-0.3, -0.25) is 4.79 Å². The van der Waals surface area contributed by atoms with Crippen molar-refractivity contribution in [2.24, 2.45) is 0 Å². The van der Waals surface area contributed by atoms with Crippen molar-refractivity contribution in [1.29, 1.82) is 0 Å². The minimum absolute atomic E-state index is 0.0569. The maximum absolute atomic E-state index is 11.8. The quantitative estimate of drug-likeness (QED) is 0.640. The molecule has 2 N–H and O–H groups in total. The van der Waals surface area contributed by atoms with Gasteiger partial charge < -0.3 is 20.3 Å². The Morgan fingerprint density at radius 2 is 2.05 bits per heavy atom. The molecule has 0 spiro atoms. The lowest BCUT2D eigenvalue weighted by molar-refractivity contribution is -0.119. The summed E-state index contributed by atoms with van der Waals surface area (Å²) in [5.74, 6) is 0.0569. The van der Waals surface area contributed by atoms with Crippen molar-refractivity contribution in [2.45, 2.75) is 19.9 Å². The average Bonchev–Trinajstić information content (AvgIpc) is 2.50. The van der Waals surface area contributed by atoms with Crippen molar-refractivity contribution < 1.29 is 9.53 Å². The number of ether oxygens (including phenoxy) is 1. The van der Waals surface area contributed by atoms with Gasteiger partial charge in [-0.15, -0.1) is 0 Å². The normalized spacial score (nSPS) is 10.4. The highest BCUT2D eigenvalue weighted by molar-refractivity contribution is 5.81. The number of nitrogens with zero attached hydrogens (tertiary/aromatic N) is 1. The number of likely N-dealkylation sites (N-methyl/N-ethyl adjacent to an activating group) is 1. The number of carbonyl (C=O) groups is 1. The summed E-state index contributed by atoms with van der Waals surface area (Å²) in [4.78, 5) is 13.8. The average molecular weight is 293 g/mol. The summed E-state index contributed by atoms with van der Waals surface area (Å²) in [6.45, 7) is 5.41. The molecular weight excluding hydrogens is 266 g/mol. The van der Waals surface area contributed by atoms with Crippen LogP contribution in [0.2, 0.25) is 0 Å². The molecule has 0 unspecified atom stereocenters. The molecule has 0 radical (unpaired) electrons. The number of amides is 1. The first-order valence-electron chi connectivity index (χ1n) is 7.44. The third-order valence-corrected chi connectivity index (χ3v) is 3.15. The monoisotopic (exact) mass is 293 g/mol. The number of benzene rings is 1. The predicted molar refractivity (Wildman–Crippen MR) is 86.6 cm³/mol. The Labute approximate surface area is 127 Å². The van der Waals surface area contributed by atoms with Crippen molar-refractivity contribution >= 4 is 11.6 Å². The number of nitrogens with one attached hydrogen (secondary N) is 2. The maximum Gasteiger partial charge on any atom is 0.239 e. The van der Waals surface area contributed by atoms with E-state index in [1.807, 2.05) is 37.1 Å². The molecule has 0 heterocycles. The van der Waals surface area contributed by atoms with Crippen LogP contribution in [0, 0.1) is 0 Å². The van der Waals surface area contributed by atoms with E-state index in [0.717, 1.165) is 31.7 Å². The summed E-state index contributed by atoms with van der Waals surface area (Å²) in [6.07, 6.45) is 0.954. The fourth-order valence-electron chi connectivity index (χ4n) is 2.05. The molecule has 21 heavy (non-hydrogen) atoms. The van der Waals surface area contributed by atoms with Gasteiger partial charge in [0.05, 0.1) is 13.2 Å². The Morgan fingerprint density at radius 3 is 2.76 bits per heavy atom. The molecule has 0 saturated carbocycles. The van der Waals surface area contributed by atoms with Crippen LogP contribution in [0.15, 0.2) is 24.3 Å². The maximum atomic E-state index is 11.8. The van der Waals surface area contributed by atoms with Gasteiger partial charge in [0.15, 0.2) is 0 Å². The van der Waals surface area contributed by atoms with Crippen LogP contribution in [0.1, 0.15) is 18.9 Å². The number of para-hydroxylation sites is 1. The number of carbonyl (C=O) groups excluding carboxylic acids is 1. The van der Waals surface area contributed by atoms with E-state index < -0.39 is 0 Å². The van der Waals surface area contributed by atoms with Gasteiger partial charge in [-0.2, -0.15) is 0 Å². The molecule has 0 aliphatic heterocycles. The molecule has 0 aromatic heterocycles. The molecule has 1 aromatic rings. The van der Waals surface area contributed by atoms with E-state index in [2.05, 4.69) is 16.7 Å². The molecule has 0 aliphatic carbocycles. The van der Waals surface area contributed by atoms with Gasteiger partial charge in [0.1, 0.15) is 0 Å². The summed E-state index contributed by atoms with van der Waals surface area (Å²) in [5.41, 5.74) is 2.26. The van der Waals surface area contributed by atoms with E-state index >= 15 is 0 Å². The van der Waals surface area contributed by atoms with Gasteiger partial charge >= 0.3 is 0 Å². The third-order valence-electron chi connectivity index (χ3n) is 3.15. The second-order valence-corrected chi connectivity index (χ2v) is 5.00. The standard InChI is InChI=1S/C16H27N3O2/c1-4-9-18-16(20)13-19(2)15-8-6-5-7-14(15)12-17-10-11-21-3/h5-8,17H,4,9-13H2,1-3H3,(H,18,20). The molecule has 0 bridgehead atoms. The Balaban J connectivity index is 2.57. The van der Waals surface area contributed by atoms with E-state index in [1.54, 1.807) is 7.11 Å². The van der Waals surface area contributed by atoms with Crippen LogP contribution in [0.4, 0.5) is 5.69 Å². The van der Waals surface area contributed by atoms with Crippen LogP contribution in [0.3, 0.4) is 0 Å². The largest absolute Gasteiger partial charge is 0.383 e. The molecule has 1 amide bonds. The van der Waals surface area contributed by atoms with Crippen LogP contribution in [0.5, 0.6) is 0 Å². The predicted octanol–water partition coefficient (Wildman–Crippen LogP) is 1.38. The van der Waals surface area contributed by atoms with Crippen LogP contribution in [-0.2, 0) is 16.1 Å². The lowest BCUT2D eigenvalue weighted by Gasteiger charge is -2.22. The molecule has 0 atom stereocenters. The molecule has 0 fully saturated rings. The molecule has 0 saturated heterocycles. The Morgan fingerprint density at radius 1 is 1.29 bits per heavy atom. The highest BCUT2D eigenvalue weighted by atomic mass is 16.5. The zero-order chi connectivity index (χ0) is 15.5. The van der Waals surface area contributed by atoms with E-state index in [0.29, 0.717) is 13.2 Å². The van der Waals surface area contributed by atoms with Crippen LogP contribution in [0.25, 0.3) is 0 Å². The summed E-state index contributed by atoms with van der Waals surface area (Å²) in [6, 6.07) is 8.13. The molecule has 118 valence electrons. The zero-order valence-electron chi connectivity index (χ0n) is 13.3. The first kappa shape index (κ1) is 17.5.